The number of methoxy groups -OCH3 is 2. The number of hydrogen-bond donors (Lipinski definition) is 2. The van der Waals surface area contributed by atoms with Crippen molar-refractivity contribution in [2.75, 3.05) is 34.9 Å². The first-order valence-electron chi connectivity index (χ1n) is 12.3. The minimum absolute atomic E-state index is 0.0733. The number of pyridine rings is 1. The van der Waals surface area contributed by atoms with Gasteiger partial charge in [0.2, 0.25) is 11.8 Å². The van der Waals surface area contributed by atoms with E-state index in [1.807, 2.05) is 19.2 Å². The van der Waals surface area contributed by atoms with Crippen molar-refractivity contribution in [1.29, 1.82) is 5.26 Å². The fourth-order valence-electron chi connectivity index (χ4n) is 7.70. The lowest BCUT2D eigenvalue weighted by atomic mass is 9.37. The van der Waals surface area contributed by atoms with Crippen LogP contribution in [0.4, 0.5) is 0 Å². The minimum Gasteiger partial charge on any atom is -0.481 e. The molecule has 1 aromatic carbocycles. The molecule has 2 heterocycles. The third-order valence-corrected chi connectivity index (χ3v) is 9.21. The number of aliphatic hydroxyl groups excluding tert-OH is 1. The van der Waals surface area contributed by atoms with Crippen LogP contribution in [-0.2, 0) is 16.0 Å². The Hall–Kier alpha value is -2.90. The van der Waals surface area contributed by atoms with E-state index < -0.39 is 17.3 Å². The lowest BCUT2D eigenvalue weighted by Crippen LogP contribution is -2.64. The largest absolute Gasteiger partial charge is 0.481 e. The Kier molecular flexibility index (Phi) is 5.09. The molecule has 1 aliphatic heterocycles. The third-order valence-electron chi connectivity index (χ3n) is 9.21. The number of hydrogen-bond acceptors (Lipinski definition) is 9. The number of fused-ring (bicyclic) bond motifs is 3. The van der Waals surface area contributed by atoms with Gasteiger partial charge in [-0.2, -0.15) is 15.3 Å². The number of nitriles is 1. The zero-order chi connectivity index (χ0) is 25.5. The molecule has 190 valence electrons. The number of aliphatic hydroxyl groups is 2. The van der Waals surface area contributed by atoms with Gasteiger partial charge in [0.1, 0.15) is 5.75 Å². The topological polar surface area (TPSA) is 117 Å². The standard InChI is InChI=1S/C27H31N3O6/c1-30(35-4)14-18-22(25-10-16(11-25)12-25)27(17-7-5-15(13-28)6-8-17)26(32,23(18)31)21-19(36-27)9-20(33-2)29-24(21)34-3/h5-9,16,18,22-23,31-32H,10-12,14H2,1-4H3/t16?,18-,22+,23-,25?,26+,27+/m1/s1. The maximum Gasteiger partial charge on any atom is 0.226 e. The summed E-state index contributed by atoms with van der Waals surface area (Å²) in [4.78, 5) is 9.90. The molecule has 2 N–H and O–H groups in total. The Morgan fingerprint density at radius 2 is 1.86 bits per heavy atom. The average molecular weight is 494 g/mol. The molecule has 5 atom stereocenters. The summed E-state index contributed by atoms with van der Waals surface area (Å²) >= 11 is 0. The maximum atomic E-state index is 12.8. The highest BCUT2D eigenvalue weighted by Crippen LogP contribution is 2.79. The summed E-state index contributed by atoms with van der Waals surface area (Å²) in [7, 11) is 6.39. The first-order chi connectivity index (χ1) is 17.3. The van der Waals surface area contributed by atoms with Crippen molar-refractivity contribution in [2.24, 2.45) is 23.2 Å². The third kappa shape index (κ3) is 2.70. The highest BCUT2D eigenvalue weighted by atomic mass is 16.7. The zero-order valence-electron chi connectivity index (χ0n) is 20.9. The number of aromatic nitrogens is 1. The molecule has 0 saturated heterocycles. The molecule has 36 heavy (non-hydrogen) atoms. The van der Waals surface area contributed by atoms with Gasteiger partial charge >= 0.3 is 0 Å². The SMILES string of the molecule is COc1cc2c(c(OC)n1)[C@]1(O)[C@H](O)[C@H](CN(C)OC)[C@@H](C34CC(C3)C4)[C@]1(c1ccc(C#N)cc1)O2. The Balaban J connectivity index is 1.63. The van der Waals surface area contributed by atoms with E-state index in [1.165, 1.54) is 14.2 Å². The molecule has 2 bridgehead atoms. The quantitative estimate of drug-likeness (QED) is 0.561. The highest BCUT2D eigenvalue weighted by molar-refractivity contribution is 5.59. The van der Waals surface area contributed by atoms with Crippen LogP contribution < -0.4 is 14.2 Å². The summed E-state index contributed by atoms with van der Waals surface area (Å²) in [6.45, 7) is 0.402. The Morgan fingerprint density at radius 1 is 1.17 bits per heavy atom. The molecular weight excluding hydrogens is 462 g/mol. The van der Waals surface area contributed by atoms with Crippen LogP contribution in [0.25, 0.3) is 0 Å². The minimum atomic E-state index is -1.86. The van der Waals surface area contributed by atoms with Crippen molar-refractivity contribution in [3.63, 3.8) is 0 Å². The number of benzene rings is 1. The Bertz CT molecular complexity index is 1230. The number of ether oxygens (including phenoxy) is 3. The van der Waals surface area contributed by atoms with Crippen LogP contribution in [0.15, 0.2) is 30.3 Å². The van der Waals surface area contributed by atoms with Gasteiger partial charge in [0.15, 0.2) is 11.2 Å². The molecule has 9 nitrogen and oxygen atoms in total. The summed E-state index contributed by atoms with van der Waals surface area (Å²) in [5.41, 5.74) is -1.73. The summed E-state index contributed by atoms with van der Waals surface area (Å²) in [5, 5.41) is 36.0. The molecule has 4 aliphatic carbocycles. The molecule has 2 aromatic rings. The molecule has 9 heteroatoms. The van der Waals surface area contributed by atoms with E-state index >= 15 is 0 Å². The van der Waals surface area contributed by atoms with E-state index in [1.54, 1.807) is 30.4 Å². The van der Waals surface area contributed by atoms with Crippen LogP contribution >= 0.6 is 0 Å². The second-order valence-corrected chi connectivity index (χ2v) is 10.8. The molecule has 7 rings (SSSR count). The van der Waals surface area contributed by atoms with E-state index in [-0.39, 0.29) is 29.0 Å². The predicted octanol–water partition coefficient (Wildman–Crippen LogP) is 2.35. The molecule has 1 aromatic heterocycles. The van der Waals surface area contributed by atoms with Crippen LogP contribution in [0.1, 0.15) is 36.0 Å². The number of nitrogens with zero attached hydrogens (tertiary/aromatic N) is 3. The predicted molar refractivity (Wildman–Crippen MR) is 127 cm³/mol. The first-order valence-corrected chi connectivity index (χ1v) is 12.3. The van der Waals surface area contributed by atoms with Crippen LogP contribution in [0, 0.1) is 34.5 Å². The molecule has 5 aliphatic rings. The smallest absolute Gasteiger partial charge is 0.226 e. The van der Waals surface area contributed by atoms with E-state index in [4.69, 9.17) is 19.0 Å². The first kappa shape index (κ1) is 23.5. The molecule has 0 amide bonds. The molecule has 0 spiro atoms. The van der Waals surface area contributed by atoms with Crippen molar-refractivity contribution in [3.8, 4) is 23.6 Å². The van der Waals surface area contributed by atoms with Gasteiger partial charge in [-0.3, -0.25) is 0 Å². The summed E-state index contributed by atoms with van der Waals surface area (Å²) in [6, 6.07) is 10.9. The highest BCUT2D eigenvalue weighted by Gasteiger charge is 2.82. The Labute approximate surface area is 210 Å². The lowest BCUT2D eigenvalue weighted by Gasteiger charge is -2.68. The van der Waals surface area contributed by atoms with Gasteiger partial charge in [0.05, 0.1) is 44.6 Å². The van der Waals surface area contributed by atoms with Crippen LogP contribution in [0.2, 0.25) is 0 Å². The van der Waals surface area contributed by atoms with Crippen molar-refractivity contribution < 1.29 is 29.3 Å². The number of rotatable bonds is 7. The van der Waals surface area contributed by atoms with E-state index in [9.17, 15) is 15.5 Å². The van der Waals surface area contributed by atoms with Crippen LogP contribution in [-0.4, -0.2) is 61.3 Å². The van der Waals surface area contributed by atoms with Gasteiger partial charge in [0, 0.05) is 31.5 Å². The second kappa shape index (κ2) is 7.80. The summed E-state index contributed by atoms with van der Waals surface area (Å²) < 4.78 is 17.9. The lowest BCUT2D eigenvalue weighted by molar-refractivity contribution is -0.234. The maximum absolute atomic E-state index is 12.8. The van der Waals surface area contributed by atoms with Crippen LogP contribution in [0.3, 0.4) is 0 Å². The normalized spacial score (nSPS) is 37.3. The van der Waals surface area contributed by atoms with Gasteiger partial charge < -0.3 is 29.3 Å². The van der Waals surface area contributed by atoms with Crippen molar-refractivity contribution in [2.45, 2.75) is 36.6 Å². The molecular formula is C27H31N3O6. The van der Waals surface area contributed by atoms with Crippen molar-refractivity contribution in [3.05, 3.63) is 47.0 Å². The van der Waals surface area contributed by atoms with Crippen molar-refractivity contribution >= 4 is 0 Å². The molecule has 4 fully saturated rings. The van der Waals surface area contributed by atoms with Gasteiger partial charge in [-0.05, 0) is 48.3 Å². The fourth-order valence-corrected chi connectivity index (χ4v) is 7.70. The number of hydroxylamine groups is 2. The summed E-state index contributed by atoms with van der Waals surface area (Å²) in [6.07, 6.45) is 1.90. The van der Waals surface area contributed by atoms with Gasteiger partial charge in [-0.15, -0.1) is 0 Å². The van der Waals surface area contributed by atoms with Crippen molar-refractivity contribution in [1.82, 2.24) is 10.0 Å². The second-order valence-electron chi connectivity index (χ2n) is 10.8. The molecule has 0 radical (unpaired) electrons. The van der Waals surface area contributed by atoms with E-state index in [0.29, 0.717) is 34.9 Å². The molecule has 4 saturated carbocycles. The fraction of sp³-hybridized carbons (Fsp3) is 0.556. The van der Waals surface area contributed by atoms with Gasteiger partial charge in [0.25, 0.3) is 0 Å². The summed E-state index contributed by atoms with van der Waals surface area (Å²) in [5.74, 6) is 0.893. The average Bonchev–Trinajstić information content (AvgIpc) is 3.21. The van der Waals surface area contributed by atoms with Gasteiger partial charge in [-0.1, -0.05) is 12.1 Å². The van der Waals surface area contributed by atoms with Crippen LogP contribution in [0.5, 0.6) is 17.5 Å². The van der Waals surface area contributed by atoms with E-state index in [0.717, 1.165) is 19.3 Å². The van der Waals surface area contributed by atoms with E-state index in [2.05, 4.69) is 11.1 Å². The monoisotopic (exact) mass is 493 g/mol. The zero-order valence-corrected chi connectivity index (χ0v) is 20.9. The van der Waals surface area contributed by atoms with Gasteiger partial charge in [-0.25, -0.2) is 0 Å². The molecule has 0 unspecified atom stereocenters. The Morgan fingerprint density at radius 3 is 2.39 bits per heavy atom.